The van der Waals surface area contributed by atoms with Crippen LogP contribution in [0.3, 0.4) is 0 Å². The van der Waals surface area contributed by atoms with Crippen molar-refractivity contribution in [2.75, 3.05) is 38.7 Å². The average molecular weight is 487 g/mol. The fraction of sp³-hybridized carbons (Fsp3) is 0.500. The number of piperidine rings is 1. The molecule has 0 atom stereocenters. The lowest BCUT2D eigenvalue weighted by Gasteiger charge is -2.33. The summed E-state index contributed by atoms with van der Waals surface area (Å²) in [6.07, 6.45) is 2.76. The minimum absolute atomic E-state index is 0.337. The van der Waals surface area contributed by atoms with Gasteiger partial charge in [-0.2, -0.15) is 0 Å². The summed E-state index contributed by atoms with van der Waals surface area (Å²) in [4.78, 5) is 14.4. The van der Waals surface area contributed by atoms with Gasteiger partial charge in [0.25, 0.3) is 0 Å². The van der Waals surface area contributed by atoms with Gasteiger partial charge in [-0.15, -0.1) is 0 Å². The number of amides is 1. The fourth-order valence-corrected chi connectivity index (χ4v) is 6.66. The third kappa shape index (κ3) is 5.79. The van der Waals surface area contributed by atoms with Gasteiger partial charge in [0.1, 0.15) is 0 Å². The van der Waals surface area contributed by atoms with Gasteiger partial charge in [0.05, 0.1) is 17.3 Å². The van der Waals surface area contributed by atoms with Gasteiger partial charge in [0, 0.05) is 25.4 Å². The lowest BCUT2D eigenvalue weighted by Crippen LogP contribution is -2.32. The van der Waals surface area contributed by atoms with Crippen molar-refractivity contribution in [3.8, 4) is 0 Å². The molecule has 2 fully saturated rings. The SMILES string of the molecule is COC(=O)Nc1ccc(C)c(C2CCN(Cc3ccc(S(=O)(=O)C4CCOCC4)cc3)CC2)c1. The van der Waals surface area contributed by atoms with E-state index in [0.717, 1.165) is 43.7 Å². The van der Waals surface area contributed by atoms with E-state index in [1.54, 1.807) is 12.1 Å². The highest BCUT2D eigenvalue weighted by Crippen LogP contribution is 2.33. The Hall–Kier alpha value is -2.42. The highest BCUT2D eigenvalue weighted by atomic mass is 32.2. The van der Waals surface area contributed by atoms with Crippen molar-refractivity contribution in [2.24, 2.45) is 0 Å². The zero-order valence-corrected chi connectivity index (χ0v) is 20.8. The van der Waals surface area contributed by atoms with Crippen LogP contribution in [0.5, 0.6) is 0 Å². The van der Waals surface area contributed by atoms with Crippen LogP contribution < -0.4 is 5.32 Å². The topological polar surface area (TPSA) is 84.9 Å². The Labute approximate surface area is 202 Å². The molecule has 184 valence electrons. The molecule has 0 saturated carbocycles. The molecule has 1 amide bonds. The first-order valence-electron chi connectivity index (χ1n) is 12.0. The highest BCUT2D eigenvalue weighted by Gasteiger charge is 2.29. The number of aryl methyl sites for hydroxylation is 1. The number of carbonyl (C=O) groups is 1. The Kier molecular flexibility index (Phi) is 7.91. The van der Waals surface area contributed by atoms with Crippen LogP contribution in [0.25, 0.3) is 0 Å². The molecule has 34 heavy (non-hydrogen) atoms. The summed E-state index contributed by atoms with van der Waals surface area (Å²) in [6, 6.07) is 13.4. The van der Waals surface area contributed by atoms with Crippen LogP contribution in [0.4, 0.5) is 10.5 Å². The number of hydrogen-bond acceptors (Lipinski definition) is 6. The van der Waals surface area contributed by atoms with Crippen LogP contribution in [0.2, 0.25) is 0 Å². The lowest BCUT2D eigenvalue weighted by molar-refractivity contribution is 0.0983. The van der Waals surface area contributed by atoms with Gasteiger partial charge in [-0.25, -0.2) is 13.2 Å². The van der Waals surface area contributed by atoms with E-state index < -0.39 is 15.9 Å². The standard InChI is InChI=1S/C26H34N2O5S/c1-19-3-6-22(27-26(29)32-2)17-25(19)21-9-13-28(14-10-21)18-20-4-7-23(8-5-20)34(30,31)24-11-15-33-16-12-24/h3-8,17,21,24H,9-16,18H2,1-2H3,(H,27,29). The Morgan fingerprint density at radius 2 is 1.74 bits per heavy atom. The molecule has 0 spiro atoms. The van der Waals surface area contributed by atoms with Crippen LogP contribution in [0.15, 0.2) is 47.4 Å². The third-order valence-electron chi connectivity index (χ3n) is 7.00. The molecular formula is C26H34N2O5S. The van der Waals surface area contributed by atoms with Crippen molar-refractivity contribution in [3.05, 3.63) is 59.2 Å². The summed E-state index contributed by atoms with van der Waals surface area (Å²) in [6.45, 7) is 5.90. The van der Waals surface area contributed by atoms with E-state index in [0.29, 0.717) is 36.9 Å². The van der Waals surface area contributed by atoms with E-state index in [2.05, 4.69) is 23.2 Å². The van der Waals surface area contributed by atoms with Gasteiger partial charge in [-0.3, -0.25) is 10.2 Å². The zero-order valence-electron chi connectivity index (χ0n) is 20.0. The molecule has 2 aliphatic rings. The molecule has 2 aromatic carbocycles. The van der Waals surface area contributed by atoms with Crippen molar-refractivity contribution in [1.82, 2.24) is 4.90 Å². The van der Waals surface area contributed by atoms with Crippen LogP contribution in [-0.4, -0.2) is 58.1 Å². The molecule has 0 aromatic heterocycles. The minimum atomic E-state index is -3.29. The number of carbonyl (C=O) groups excluding carboxylic acids is 1. The number of sulfone groups is 1. The molecule has 8 heteroatoms. The minimum Gasteiger partial charge on any atom is -0.453 e. The molecule has 2 saturated heterocycles. The van der Waals surface area contributed by atoms with Crippen molar-refractivity contribution < 1.29 is 22.7 Å². The van der Waals surface area contributed by atoms with Gasteiger partial charge in [-0.1, -0.05) is 18.2 Å². The van der Waals surface area contributed by atoms with Crippen molar-refractivity contribution in [2.45, 2.75) is 55.2 Å². The predicted molar refractivity (Wildman–Crippen MR) is 132 cm³/mol. The number of ether oxygens (including phenoxy) is 2. The number of hydrogen-bond donors (Lipinski definition) is 1. The second-order valence-electron chi connectivity index (χ2n) is 9.24. The van der Waals surface area contributed by atoms with Crippen molar-refractivity contribution in [3.63, 3.8) is 0 Å². The Balaban J connectivity index is 1.34. The van der Waals surface area contributed by atoms with Gasteiger partial charge < -0.3 is 9.47 Å². The fourth-order valence-electron chi connectivity index (χ4n) is 4.95. The predicted octanol–water partition coefficient (Wildman–Crippen LogP) is 4.51. The first-order valence-corrected chi connectivity index (χ1v) is 13.5. The summed E-state index contributed by atoms with van der Waals surface area (Å²) in [5.41, 5.74) is 4.39. The highest BCUT2D eigenvalue weighted by molar-refractivity contribution is 7.92. The maximum absolute atomic E-state index is 12.9. The molecule has 2 heterocycles. The van der Waals surface area contributed by atoms with Gasteiger partial charge in [-0.05, 0) is 92.6 Å². The maximum Gasteiger partial charge on any atom is 0.411 e. The van der Waals surface area contributed by atoms with E-state index in [-0.39, 0.29) is 5.25 Å². The normalized spacial score (nSPS) is 18.5. The smallest absolute Gasteiger partial charge is 0.411 e. The quantitative estimate of drug-likeness (QED) is 0.647. The first-order chi connectivity index (χ1) is 16.4. The molecule has 0 unspecified atom stereocenters. The second kappa shape index (κ2) is 10.9. The van der Waals surface area contributed by atoms with E-state index >= 15 is 0 Å². The van der Waals surface area contributed by atoms with Gasteiger partial charge >= 0.3 is 6.09 Å². The van der Waals surface area contributed by atoms with E-state index in [1.165, 1.54) is 18.2 Å². The number of anilines is 1. The molecular weight excluding hydrogens is 452 g/mol. The van der Waals surface area contributed by atoms with Gasteiger partial charge in [0.15, 0.2) is 9.84 Å². The molecule has 2 aromatic rings. The molecule has 2 aliphatic heterocycles. The Morgan fingerprint density at radius 3 is 2.38 bits per heavy atom. The number of benzene rings is 2. The number of rotatable bonds is 6. The number of nitrogens with one attached hydrogen (secondary N) is 1. The van der Waals surface area contributed by atoms with Crippen molar-refractivity contribution >= 4 is 21.6 Å². The Bertz CT molecular complexity index is 1090. The monoisotopic (exact) mass is 486 g/mol. The molecule has 1 N–H and O–H groups in total. The first kappa shape index (κ1) is 24.7. The largest absolute Gasteiger partial charge is 0.453 e. The average Bonchev–Trinajstić information content (AvgIpc) is 2.86. The van der Waals surface area contributed by atoms with Crippen LogP contribution in [0, 0.1) is 6.92 Å². The zero-order chi connectivity index (χ0) is 24.1. The van der Waals surface area contributed by atoms with Crippen LogP contribution in [0.1, 0.15) is 48.3 Å². The van der Waals surface area contributed by atoms with Crippen LogP contribution >= 0.6 is 0 Å². The molecule has 0 radical (unpaired) electrons. The number of methoxy groups -OCH3 is 1. The lowest BCUT2D eigenvalue weighted by atomic mass is 9.86. The maximum atomic E-state index is 12.9. The Morgan fingerprint density at radius 1 is 1.06 bits per heavy atom. The van der Waals surface area contributed by atoms with E-state index in [1.807, 2.05) is 24.3 Å². The van der Waals surface area contributed by atoms with E-state index in [9.17, 15) is 13.2 Å². The second-order valence-corrected chi connectivity index (χ2v) is 11.5. The summed E-state index contributed by atoms with van der Waals surface area (Å²) >= 11 is 0. The van der Waals surface area contributed by atoms with Crippen LogP contribution in [-0.2, 0) is 25.9 Å². The summed E-state index contributed by atoms with van der Waals surface area (Å²) in [5, 5.41) is 2.42. The third-order valence-corrected chi connectivity index (χ3v) is 9.28. The molecule has 0 bridgehead atoms. The van der Waals surface area contributed by atoms with Gasteiger partial charge in [0.2, 0.25) is 0 Å². The van der Waals surface area contributed by atoms with E-state index in [4.69, 9.17) is 9.47 Å². The summed E-state index contributed by atoms with van der Waals surface area (Å²) in [7, 11) is -1.93. The summed E-state index contributed by atoms with van der Waals surface area (Å²) in [5.74, 6) is 0.447. The summed E-state index contributed by atoms with van der Waals surface area (Å²) < 4.78 is 35.8. The molecule has 0 aliphatic carbocycles. The number of likely N-dealkylation sites (tertiary alicyclic amines) is 1. The number of nitrogens with zero attached hydrogens (tertiary/aromatic N) is 1. The van der Waals surface area contributed by atoms with Crippen molar-refractivity contribution in [1.29, 1.82) is 0 Å². The molecule has 4 rings (SSSR count). The molecule has 7 nitrogen and oxygen atoms in total.